The summed E-state index contributed by atoms with van der Waals surface area (Å²) >= 11 is 0. The predicted molar refractivity (Wildman–Crippen MR) is 246 cm³/mol. The van der Waals surface area contributed by atoms with Gasteiger partial charge in [-0.25, -0.2) is 13.2 Å². The Bertz CT molecular complexity index is 1810. The highest BCUT2D eigenvalue weighted by molar-refractivity contribution is 7.91. The van der Waals surface area contributed by atoms with E-state index in [1.54, 1.807) is 7.11 Å². The zero-order valence-corrected chi connectivity index (χ0v) is 41.9. The Morgan fingerprint density at radius 2 is 1.47 bits per heavy atom. The van der Waals surface area contributed by atoms with Crippen molar-refractivity contribution in [2.45, 2.75) is 151 Å². The van der Waals surface area contributed by atoms with Crippen molar-refractivity contribution in [1.82, 2.24) is 15.5 Å². The van der Waals surface area contributed by atoms with Gasteiger partial charge in [-0.15, -0.1) is 0 Å². The van der Waals surface area contributed by atoms with Crippen molar-refractivity contribution in [3.05, 3.63) is 0 Å². The van der Waals surface area contributed by atoms with E-state index >= 15 is 0 Å². The lowest BCUT2D eigenvalue weighted by molar-refractivity contribution is -0.249. The van der Waals surface area contributed by atoms with Gasteiger partial charge in [0.25, 0.3) is 0 Å². The largest absolute Gasteiger partial charge is 0.481 e. The summed E-state index contributed by atoms with van der Waals surface area (Å²) in [7, 11) is -1.46. The highest BCUT2D eigenvalue weighted by Gasteiger charge is 2.71. The summed E-state index contributed by atoms with van der Waals surface area (Å²) in [5.74, 6) is 1.60. The molecule has 1 aliphatic heterocycles. The SMILES string of the molecule is COCCOCCOC(=O)NCC(CN[C@]12CC[C@@H](C(C)C)[C@@H]1[C@H]1CC[C@@H]3[C@@]4(C)CC[C@H](OC(=O)[C@H]5C[C@@H](C(=O)O)C5(C)C)C(C)(C)[C@@H]4CC[C@@]3(C)[C@]1(C)CC2)N1CCS(=O)(=O)CC1. The van der Waals surface area contributed by atoms with Gasteiger partial charge in [-0.05, 0) is 128 Å². The maximum Gasteiger partial charge on any atom is 0.407 e. The number of carboxylic acid groups (broad SMARTS) is 1. The lowest BCUT2D eigenvalue weighted by Gasteiger charge is -2.73. The zero-order chi connectivity index (χ0) is 46.7. The van der Waals surface area contributed by atoms with Crippen LogP contribution >= 0.6 is 0 Å². The summed E-state index contributed by atoms with van der Waals surface area (Å²) in [4.78, 5) is 40.7. The number of ether oxygens (including phenoxy) is 4. The van der Waals surface area contributed by atoms with Crippen molar-refractivity contribution in [3.8, 4) is 0 Å². The molecule has 3 N–H and O–H groups in total. The first kappa shape index (κ1) is 49.9. The standard InChI is InChI=1S/C50H85N3O10S/c1-32(2)34-13-18-50(52-31-33(53-21-27-64(58,59)28-22-53)30-51-44(57)62-26-25-61-24-23-60-10)20-19-48(8)35(41(34)50)11-12-39-47(7)16-15-40(46(5,6)38(47)14-17-49(39,48)9)63-43(56)37-29-36(42(54)55)45(37,3)4/h32-41,52H,11-31H2,1-10H3,(H,51,57)(H,54,55)/t33?,34-,35+,36-,37+,38-,39+,40-,41+,47-,48+,49+,50-/m0/s1. The number of hydrogen-bond acceptors (Lipinski definition) is 11. The third-order valence-electron chi connectivity index (χ3n) is 20.3. The molecule has 0 aromatic carbocycles. The first-order valence-electron chi connectivity index (χ1n) is 25.1. The van der Waals surface area contributed by atoms with Crippen LogP contribution < -0.4 is 10.6 Å². The number of carbonyl (C=O) groups excluding carboxylic acids is 2. The molecule has 13 nitrogen and oxygen atoms in total. The lowest BCUT2D eigenvalue weighted by Crippen LogP contribution is -2.69. The van der Waals surface area contributed by atoms with Gasteiger partial charge < -0.3 is 34.7 Å². The number of fused-ring (bicyclic) bond motifs is 7. The van der Waals surface area contributed by atoms with Crippen molar-refractivity contribution < 1.29 is 46.9 Å². The van der Waals surface area contributed by atoms with Gasteiger partial charge in [0, 0.05) is 50.3 Å². The maximum atomic E-state index is 13.7. The molecular weight excluding hydrogens is 835 g/mol. The van der Waals surface area contributed by atoms with Gasteiger partial charge in [-0.2, -0.15) is 0 Å². The lowest BCUT2D eigenvalue weighted by atomic mass is 9.32. The van der Waals surface area contributed by atoms with Gasteiger partial charge in [0.05, 0.1) is 43.2 Å². The van der Waals surface area contributed by atoms with Gasteiger partial charge >= 0.3 is 18.0 Å². The molecule has 0 aromatic rings. The Balaban J connectivity index is 1.06. The Morgan fingerprint density at radius 1 is 0.766 bits per heavy atom. The van der Waals surface area contributed by atoms with Crippen LogP contribution in [0.1, 0.15) is 133 Å². The van der Waals surface area contributed by atoms with Crippen LogP contribution in [0.4, 0.5) is 4.79 Å². The van der Waals surface area contributed by atoms with Gasteiger partial charge in [-0.3, -0.25) is 14.5 Å². The number of amides is 1. The van der Waals surface area contributed by atoms with E-state index < -0.39 is 33.2 Å². The summed E-state index contributed by atoms with van der Waals surface area (Å²) < 4.78 is 47.4. The van der Waals surface area contributed by atoms with Gasteiger partial charge in [0.2, 0.25) is 0 Å². The minimum Gasteiger partial charge on any atom is -0.481 e. The number of aliphatic carboxylic acids is 1. The molecule has 366 valence electrons. The van der Waals surface area contributed by atoms with E-state index in [0.717, 1.165) is 32.1 Å². The second kappa shape index (κ2) is 18.5. The molecule has 6 aliphatic carbocycles. The molecule has 0 bridgehead atoms. The van der Waals surface area contributed by atoms with Crippen LogP contribution in [-0.2, 0) is 38.4 Å². The van der Waals surface area contributed by atoms with Crippen LogP contribution in [0.5, 0.6) is 0 Å². The summed E-state index contributed by atoms with van der Waals surface area (Å²) in [5.41, 5.74) is -0.363. The first-order chi connectivity index (χ1) is 30.0. The number of methoxy groups -OCH3 is 1. The first-order valence-corrected chi connectivity index (χ1v) is 26.9. The van der Waals surface area contributed by atoms with Crippen LogP contribution in [0, 0.1) is 74.4 Å². The second-order valence-corrected chi connectivity index (χ2v) is 26.2. The summed E-state index contributed by atoms with van der Waals surface area (Å²) in [5, 5.41) is 17.0. The van der Waals surface area contributed by atoms with E-state index in [9.17, 15) is 27.9 Å². The minimum absolute atomic E-state index is 0.0208. The fourth-order valence-corrected chi connectivity index (χ4v) is 17.5. The van der Waals surface area contributed by atoms with E-state index in [-0.39, 0.29) is 69.3 Å². The molecule has 7 rings (SSSR count). The van der Waals surface area contributed by atoms with Crippen LogP contribution in [0.15, 0.2) is 0 Å². The minimum atomic E-state index is -3.08. The monoisotopic (exact) mass is 920 g/mol. The zero-order valence-electron chi connectivity index (χ0n) is 41.1. The second-order valence-electron chi connectivity index (χ2n) is 23.9. The number of nitrogens with one attached hydrogen (secondary N) is 2. The predicted octanol–water partition coefficient (Wildman–Crippen LogP) is 7.21. The Morgan fingerprint density at radius 3 is 2.12 bits per heavy atom. The Hall–Kier alpha value is -2.00. The van der Waals surface area contributed by atoms with E-state index in [4.69, 9.17) is 18.9 Å². The highest BCUT2D eigenvalue weighted by Crippen LogP contribution is 2.76. The topological polar surface area (TPSA) is 170 Å². The number of hydrogen-bond donors (Lipinski definition) is 3. The fourth-order valence-electron chi connectivity index (χ4n) is 16.3. The molecule has 0 radical (unpaired) electrons. The van der Waals surface area contributed by atoms with E-state index in [1.807, 2.05) is 13.8 Å². The molecule has 7 aliphatic rings. The third-order valence-corrected chi connectivity index (χ3v) is 22.0. The molecule has 0 aromatic heterocycles. The summed E-state index contributed by atoms with van der Waals surface area (Å²) in [6.45, 7) is 24.6. The third kappa shape index (κ3) is 8.81. The number of alkyl carbamates (subject to hydrolysis) is 1. The molecule has 1 heterocycles. The number of carbonyl (C=O) groups is 3. The molecule has 1 amide bonds. The Labute approximate surface area is 385 Å². The van der Waals surface area contributed by atoms with Crippen LogP contribution in [-0.4, -0.2) is 125 Å². The van der Waals surface area contributed by atoms with Gasteiger partial charge in [0.15, 0.2) is 9.84 Å². The van der Waals surface area contributed by atoms with E-state index in [2.05, 4.69) is 64.0 Å². The van der Waals surface area contributed by atoms with Crippen LogP contribution in [0.2, 0.25) is 0 Å². The average Bonchev–Trinajstić information content (AvgIpc) is 3.60. The van der Waals surface area contributed by atoms with Crippen molar-refractivity contribution in [2.24, 2.45) is 74.4 Å². The van der Waals surface area contributed by atoms with Crippen molar-refractivity contribution in [3.63, 3.8) is 0 Å². The van der Waals surface area contributed by atoms with Crippen molar-refractivity contribution in [2.75, 3.05) is 71.2 Å². The average molecular weight is 920 g/mol. The van der Waals surface area contributed by atoms with Crippen molar-refractivity contribution >= 4 is 27.9 Å². The summed E-state index contributed by atoms with van der Waals surface area (Å²) in [6.07, 6.45) is 10.9. The fraction of sp³-hybridized carbons (Fsp3) is 0.940. The highest BCUT2D eigenvalue weighted by atomic mass is 32.2. The van der Waals surface area contributed by atoms with E-state index in [0.29, 0.717) is 87.9 Å². The van der Waals surface area contributed by atoms with Crippen LogP contribution in [0.25, 0.3) is 0 Å². The molecule has 6 saturated carbocycles. The summed E-state index contributed by atoms with van der Waals surface area (Å²) in [6, 6.07) is -0.0782. The molecule has 1 saturated heterocycles. The molecule has 0 spiro atoms. The number of sulfone groups is 1. The Kier molecular flexibility index (Phi) is 14.4. The molecule has 13 atom stereocenters. The van der Waals surface area contributed by atoms with Gasteiger partial charge in [-0.1, -0.05) is 62.3 Å². The van der Waals surface area contributed by atoms with Crippen LogP contribution in [0.3, 0.4) is 0 Å². The van der Waals surface area contributed by atoms with Gasteiger partial charge in [0.1, 0.15) is 12.7 Å². The number of carboxylic acids is 1. The molecule has 1 unspecified atom stereocenters. The quantitative estimate of drug-likeness (QED) is 0.105. The number of nitrogens with zero attached hydrogens (tertiary/aromatic N) is 1. The normalized spacial score (nSPS) is 41.3. The van der Waals surface area contributed by atoms with E-state index in [1.165, 1.54) is 32.1 Å². The molecule has 14 heteroatoms. The molecule has 64 heavy (non-hydrogen) atoms. The smallest absolute Gasteiger partial charge is 0.407 e. The number of esters is 1. The maximum absolute atomic E-state index is 13.7. The molecule has 7 fully saturated rings. The van der Waals surface area contributed by atoms with Crippen molar-refractivity contribution in [1.29, 1.82) is 0 Å². The number of rotatable bonds is 16. The molecular formula is C50H85N3O10S.